The van der Waals surface area contributed by atoms with Gasteiger partial charge in [0.15, 0.2) is 24.8 Å². The quantitative estimate of drug-likeness (QED) is 0.645. The van der Waals surface area contributed by atoms with Crippen molar-refractivity contribution in [3.63, 3.8) is 0 Å². The highest BCUT2D eigenvalue weighted by Crippen LogP contribution is 2.38. The number of esters is 2. The van der Waals surface area contributed by atoms with E-state index in [1.165, 1.54) is 7.11 Å². The fraction of sp³-hybridized carbons (Fsp3) is 0.667. The first-order chi connectivity index (χ1) is 14.9. The van der Waals surface area contributed by atoms with Crippen LogP contribution in [-0.2, 0) is 38.0 Å². The van der Waals surface area contributed by atoms with E-state index in [4.69, 9.17) is 28.4 Å². The molecule has 0 amide bonds. The SMILES string of the molecule is CO[C@H]1OC2COC(c3ccccc3)O[C@H]2[C@@H](OC(=O)C(C)(C)C)C1OC(=O)C(C)(C)C. The van der Waals surface area contributed by atoms with Crippen LogP contribution < -0.4 is 0 Å². The molecule has 0 bridgehead atoms. The summed E-state index contributed by atoms with van der Waals surface area (Å²) in [5, 5.41) is 0. The van der Waals surface area contributed by atoms with E-state index in [0.29, 0.717) is 0 Å². The summed E-state index contributed by atoms with van der Waals surface area (Å²) in [4.78, 5) is 25.6. The zero-order valence-electron chi connectivity index (χ0n) is 19.8. The Labute approximate surface area is 189 Å². The molecule has 2 fully saturated rings. The monoisotopic (exact) mass is 450 g/mol. The van der Waals surface area contributed by atoms with Crippen LogP contribution in [-0.4, -0.2) is 56.4 Å². The van der Waals surface area contributed by atoms with Crippen LogP contribution in [0.2, 0.25) is 0 Å². The average Bonchev–Trinajstić information content (AvgIpc) is 2.73. The predicted molar refractivity (Wildman–Crippen MR) is 114 cm³/mol. The molecule has 1 aromatic rings. The topological polar surface area (TPSA) is 89.5 Å². The zero-order valence-corrected chi connectivity index (χ0v) is 19.8. The Balaban J connectivity index is 1.93. The number of methoxy groups -OCH3 is 1. The third kappa shape index (κ3) is 5.49. The molecule has 3 rings (SSSR count). The number of rotatable bonds is 4. The largest absolute Gasteiger partial charge is 0.455 e. The molecule has 6 atom stereocenters. The highest BCUT2D eigenvalue weighted by Gasteiger charge is 2.55. The van der Waals surface area contributed by atoms with Crippen molar-refractivity contribution in [3.05, 3.63) is 35.9 Å². The van der Waals surface area contributed by atoms with Gasteiger partial charge in [-0.15, -0.1) is 0 Å². The van der Waals surface area contributed by atoms with Gasteiger partial charge in [-0.25, -0.2) is 0 Å². The third-order valence-electron chi connectivity index (χ3n) is 5.30. The van der Waals surface area contributed by atoms with E-state index < -0.39 is 59.8 Å². The van der Waals surface area contributed by atoms with Crippen LogP contribution in [0.1, 0.15) is 53.4 Å². The molecule has 1 aromatic carbocycles. The van der Waals surface area contributed by atoms with Gasteiger partial charge in [-0.1, -0.05) is 30.3 Å². The van der Waals surface area contributed by atoms with Crippen LogP contribution in [0.15, 0.2) is 30.3 Å². The van der Waals surface area contributed by atoms with Crippen LogP contribution in [0.3, 0.4) is 0 Å². The average molecular weight is 451 g/mol. The number of benzene rings is 1. The van der Waals surface area contributed by atoms with Crippen molar-refractivity contribution in [2.75, 3.05) is 13.7 Å². The van der Waals surface area contributed by atoms with Gasteiger partial charge in [-0.05, 0) is 41.5 Å². The number of fused-ring (bicyclic) bond motifs is 1. The molecule has 0 radical (unpaired) electrons. The van der Waals surface area contributed by atoms with E-state index in [9.17, 15) is 9.59 Å². The molecule has 178 valence electrons. The zero-order chi connectivity index (χ0) is 23.7. The maximum absolute atomic E-state index is 12.9. The Morgan fingerprint density at radius 1 is 0.875 bits per heavy atom. The van der Waals surface area contributed by atoms with Crippen LogP contribution in [0.5, 0.6) is 0 Å². The van der Waals surface area contributed by atoms with Gasteiger partial charge < -0.3 is 28.4 Å². The van der Waals surface area contributed by atoms with E-state index in [1.54, 1.807) is 41.5 Å². The molecule has 0 N–H and O–H groups in total. The maximum Gasteiger partial charge on any atom is 0.311 e. The summed E-state index contributed by atoms with van der Waals surface area (Å²) < 4.78 is 35.3. The summed E-state index contributed by atoms with van der Waals surface area (Å²) in [5.74, 6) is -0.906. The van der Waals surface area contributed by atoms with Crippen molar-refractivity contribution in [1.29, 1.82) is 0 Å². The second-order valence-corrected chi connectivity index (χ2v) is 10.2. The lowest BCUT2D eigenvalue weighted by Gasteiger charge is -2.48. The number of carbonyl (C=O) groups excluding carboxylic acids is 2. The summed E-state index contributed by atoms with van der Waals surface area (Å²) in [7, 11) is 1.45. The maximum atomic E-state index is 12.9. The summed E-state index contributed by atoms with van der Waals surface area (Å²) in [6.45, 7) is 10.7. The molecule has 2 heterocycles. The standard InChI is InChI=1S/C24H34O8/c1-23(2,3)21(25)31-17-16-15(13-28-19(30-16)14-11-9-8-10-12-14)29-20(27-7)18(17)32-22(26)24(4,5)6/h8-12,15-20H,13H2,1-7H3/t15?,16-,17-,18?,19?,20+/m1/s1. The summed E-state index contributed by atoms with van der Waals surface area (Å²) in [6, 6.07) is 9.45. The molecule has 32 heavy (non-hydrogen) atoms. The minimum atomic E-state index is -1.01. The highest BCUT2D eigenvalue weighted by atomic mass is 16.8. The van der Waals surface area contributed by atoms with Crippen molar-refractivity contribution in [2.45, 2.75) is 78.5 Å². The van der Waals surface area contributed by atoms with Crippen LogP contribution >= 0.6 is 0 Å². The molecule has 0 aliphatic carbocycles. The summed E-state index contributed by atoms with van der Waals surface area (Å²) >= 11 is 0. The number of carbonyl (C=O) groups is 2. The summed E-state index contributed by atoms with van der Waals surface area (Å²) in [6.07, 6.45) is -4.84. The van der Waals surface area contributed by atoms with Gasteiger partial charge in [0.05, 0.1) is 17.4 Å². The van der Waals surface area contributed by atoms with Crippen molar-refractivity contribution in [2.24, 2.45) is 10.8 Å². The normalized spacial score (nSPS) is 30.8. The smallest absolute Gasteiger partial charge is 0.311 e. The third-order valence-corrected chi connectivity index (χ3v) is 5.30. The minimum absolute atomic E-state index is 0.202. The Bertz CT molecular complexity index is 794. The first-order valence-corrected chi connectivity index (χ1v) is 10.8. The van der Waals surface area contributed by atoms with E-state index in [2.05, 4.69) is 0 Å². The molecule has 0 aromatic heterocycles. The van der Waals surface area contributed by atoms with E-state index >= 15 is 0 Å². The molecular weight excluding hydrogens is 416 g/mol. The van der Waals surface area contributed by atoms with E-state index in [0.717, 1.165) is 5.56 Å². The molecule has 8 heteroatoms. The number of hydrogen-bond acceptors (Lipinski definition) is 8. The fourth-order valence-electron chi connectivity index (χ4n) is 3.38. The van der Waals surface area contributed by atoms with Crippen LogP contribution in [0, 0.1) is 10.8 Å². The van der Waals surface area contributed by atoms with Gasteiger partial charge in [0.25, 0.3) is 0 Å². The first kappa shape index (κ1) is 24.6. The molecule has 2 aliphatic rings. The van der Waals surface area contributed by atoms with E-state index in [1.807, 2.05) is 30.3 Å². The van der Waals surface area contributed by atoms with Crippen molar-refractivity contribution < 1.29 is 38.0 Å². The Morgan fingerprint density at radius 3 is 1.97 bits per heavy atom. The van der Waals surface area contributed by atoms with Crippen LogP contribution in [0.25, 0.3) is 0 Å². The molecular formula is C24H34O8. The second-order valence-electron chi connectivity index (χ2n) is 10.2. The lowest BCUT2D eigenvalue weighted by atomic mass is 9.93. The van der Waals surface area contributed by atoms with Crippen molar-refractivity contribution in [1.82, 2.24) is 0 Å². The Hall–Kier alpha value is -2.00. The first-order valence-electron chi connectivity index (χ1n) is 10.8. The number of ether oxygens (including phenoxy) is 6. The molecule has 3 unspecified atom stereocenters. The molecule has 8 nitrogen and oxygen atoms in total. The molecule has 0 saturated carbocycles. The van der Waals surface area contributed by atoms with Crippen LogP contribution in [0.4, 0.5) is 0 Å². The van der Waals surface area contributed by atoms with Crippen molar-refractivity contribution >= 4 is 11.9 Å². The molecule has 0 spiro atoms. The van der Waals surface area contributed by atoms with Gasteiger partial charge in [0.2, 0.25) is 0 Å². The summed E-state index contributed by atoms with van der Waals surface area (Å²) in [5.41, 5.74) is -0.709. The lowest BCUT2D eigenvalue weighted by molar-refractivity contribution is -0.360. The Morgan fingerprint density at radius 2 is 1.44 bits per heavy atom. The minimum Gasteiger partial charge on any atom is -0.455 e. The molecule has 2 saturated heterocycles. The lowest BCUT2D eigenvalue weighted by Crippen LogP contribution is -2.64. The van der Waals surface area contributed by atoms with Gasteiger partial charge >= 0.3 is 11.9 Å². The van der Waals surface area contributed by atoms with Gasteiger partial charge in [0.1, 0.15) is 12.2 Å². The highest BCUT2D eigenvalue weighted by molar-refractivity contribution is 5.76. The van der Waals surface area contributed by atoms with Crippen molar-refractivity contribution in [3.8, 4) is 0 Å². The van der Waals surface area contributed by atoms with Gasteiger partial charge in [0, 0.05) is 12.7 Å². The van der Waals surface area contributed by atoms with E-state index in [-0.39, 0.29) is 6.61 Å². The molecule has 2 aliphatic heterocycles. The Kier molecular flexibility index (Phi) is 7.29. The predicted octanol–water partition coefficient (Wildman–Crippen LogP) is 3.39. The fourth-order valence-corrected chi connectivity index (χ4v) is 3.38. The second kappa shape index (κ2) is 9.47. The number of hydrogen-bond donors (Lipinski definition) is 0. The van der Waals surface area contributed by atoms with Gasteiger partial charge in [-0.2, -0.15) is 0 Å². The van der Waals surface area contributed by atoms with Gasteiger partial charge in [-0.3, -0.25) is 9.59 Å².